The molecule has 6 nitrogen and oxygen atoms in total. The minimum Gasteiger partial charge on any atom is -0.349 e. The van der Waals surface area contributed by atoms with Gasteiger partial charge in [-0.25, -0.2) is 0 Å². The number of piperazine rings is 1. The Morgan fingerprint density at radius 1 is 1.56 bits per heavy atom. The van der Waals surface area contributed by atoms with Gasteiger partial charge >= 0.3 is 0 Å². The summed E-state index contributed by atoms with van der Waals surface area (Å²) in [6.07, 6.45) is 1.62. The van der Waals surface area contributed by atoms with Crippen molar-refractivity contribution in [2.24, 2.45) is 0 Å². The standard InChI is InChI=1S/C12H19N5O/c1-10(17-7-5-13-6-8-17)12(18)14-9-11-3-2-4-15-16-11/h2-4,10,13H,5-9H2,1H3,(H,14,18). The van der Waals surface area contributed by atoms with Crippen molar-refractivity contribution in [2.45, 2.75) is 19.5 Å². The Morgan fingerprint density at radius 3 is 3.00 bits per heavy atom. The molecule has 0 spiro atoms. The number of carbonyl (C=O) groups is 1. The third-order valence-electron chi connectivity index (χ3n) is 3.15. The SMILES string of the molecule is CC(C(=O)NCc1cccnn1)N1CCNCC1. The first-order valence-corrected chi connectivity index (χ1v) is 6.26. The summed E-state index contributed by atoms with van der Waals surface area (Å²) in [5, 5.41) is 13.9. The average Bonchev–Trinajstić information content (AvgIpc) is 2.46. The molecule has 2 heterocycles. The lowest BCUT2D eigenvalue weighted by Gasteiger charge is -2.31. The predicted molar refractivity (Wildman–Crippen MR) is 67.8 cm³/mol. The van der Waals surface area contributed by atoms with Crippen LogP contribution in [0.4, 0.5) is 0 Å². The van der Waals surface area contributed by atoms with Gasteiger partial charge in [0.2, 0.25) is 5.91 Å². The van der Waals surface area contributed by atoms with Crippen LogP contribution >= 0.6 is 0 Å². The summed E-state index contributed by atoms with van der Waals surface area (Å²) in [5.74, 6) is 0.0440. The Morgan fingerprint density at radius 2 is 2.33 bits per heavy atom. The second-order valence-corrected chi connectivity index (χ2v) is 4.39. The van der Waals surface area contributed by atoms with Crippen molar-refractivity contribution in [2.75, 3.05) is 26.2 Å². The highest BCUT2D eigenvalue weighted by molar-refractivity contribution is 5.81. The molecule has 1 fully saturated rings. The van der Waals surface area contributed by atoms with E-state index in [9.17, 15) is 4.79 Å². The van der Waals surface area contributed by atoms with E-state index in [0.29, 0.717) is 6.54 Å². The number of nitrogens with zero attached hydrogens (tertiary/aromatic N) is 3. The summed E-state index contributed by atoms with van der Waals surface area (Å²) in [7, 11) is 0. The largest absolute Gasteiger partial charge is 0.349 e. The maximum absolute atomic E-state index is 12.0. The maximum Gasteiger partial charge on any atom is 0.237 e. The first kappa shape index (κ1) is 12.9. The molecule has 1 amide bonds. The van der Waals surface area contributed by atoms with Crippen LogP contribution in [0.1, 0.15) is 12.6 Å². The number of hydrogen-bond donors (Lipinski definition) is 2. The molecule has 1 aliphatic heterocycles. The van der Waals surface area contributed by atoms with Gasteiger partial charge < -0.3 is 10.6 Å². The molecule has 0 aromatic carbocycles. The van der Waals surface area contributed by atoms with Gasteiger partial charge in [0, 0.05) is 32.4 Å². The van der Waals surface area contributed by atoms with Crippen molar-refractivity contribution in [3.8, 4) is 0 Å². The molecule has 1 aromatic rings. The normalized spacial score (nSPS) is 18.3. The Hall–Kier alpha value is -1.53. The third kappa shape index (κ3) is 3.48. The quantitative estimate of drug-likeness (QED) is 0.745. The number of hydrogen-bond acceptors (Lipinski definition) is 5. The van der Waals surface area contributed by atoms with Gasteiger partial charge in [0.15, 0.2) is 0 Å². The molecular formula is C12H19N5O. The molecule has 1 aliphatic rings. The summed E-state index contributed by atoms with van der Waals surface area (Å²) >= 11 is 0. The fraction of sp³-hybridized carbons (Fsp3) is 0.583. The summed E-state index contributed by atoms with van der Waals surface area (Å²) < 4.78 is 0. The van der Waals surface area contributed by atoms with E-state index in [1.807, 2.05) is 19.1 Å². The zero-order valence-electron chi connectivity index (χ0n) is 10.6. The van der Waals surface area contributed by atoms with Crippen LogP contribution in [0.15, 0.2) is 18.3 Å². The van der Waals surface area contributed by atoms with Crippen molar-refractivity contribution in [3.63, 3.8) is 0 Å². The van der Waals surface area contributed by atoms with Crippen LogP contribution in [0.25, 0.3) is 0 Å². The molecule has 1 saturated heterocycles. The first-order valence-electron chi connectivity index (χ1n) is 6.26. The zero-order valence-corrected chi connectivity index (χ0v) is 10.6. The van der Waals surface area contributed by atoms with Crippen molar-refractivity contribution in [3.05, 3.63) is 24.0 Å². The number of carbonyl (C=O) groups excluding carboxylic acids is 1. The van der Waals surface area contributed by atoms with Crippen molar-refractivity contribution in [1.82, 2.24) is 25.7 Å². The molecule has 6 heteroatoms. The van der Waals surface area contributed by atoms with Crippen LogP contribution in [0.5, 0.6) is 0 Å². The van der Waals surface area contributed by atoms with E-state index in [2.05, 4.69) is 25.7 Å². The van der Waals surface area contributed by atoms with E-state index in [-0.39, 0.29) is 11.9 Å². The van der Waals surface area contributed by atoms with E-state index in [1.165, 1.54) is 0 Å². The molecule has 2 N–H and O–H groups in total. The van der Waals surface area contributed by atoms with Gasteiger partial charge in [-0.3, -0.25) is 9.69 Å². The van der Waals surface area contributed by atoms with Gasteiger partial charge in [-0.15, -0.1) is 0 Å². The fourth-order valence-corrected chi connectivity index (χ4v) is 1.99. The molecule has 0 saturated carbocycles. The Balaban J connectivity index is 1.80. The fourth-order valence-electron chi connectivity index (χ4n) is 1.99. The van der Waals surface area contributed by atoms with Gasteiger partial charge in [0.1, 0.15) is 0 Å². The smallest absolute Gasteiger partial charge is 0.237 e. The monoisotopic (exact) mass is 249 g/mol. The molecule has 1 unspecified atom stereocenters. The van der Waals surface area contributed by atoms with Gasteiger partial charge in [0.25, 0.3) is 0 Å². The molecule has 1 aromatic heterocycles. The van der Waals surface area contributed by atoms with Gasteiger partial charge in [0.05, 0.1) is 18.3 Å². The number of rotatable bonds is 4. The molecule has 2 rings (SSSR count). The van der Waals surface area contributed by atoms with Crippen LogP contribution < -0.4 is 10.6 Å². The Kier molecular flexibility index (Phi) is 4.60. The molecule has 0 radical (unpaired) electrons. The highest BCUT2D eigenvalue weighted by Crippen LogP contribution is 2.01. The molecule has 18 heavy (non-hydrogen) atoms. The summed E-state index contributed by atoms with van der Waals surface area (Å²) in [6.45, 7) is 6.10. The van der Waals surface area contributed by atoms with Crippen molar-refractivity contribution in [1.29, 1.82) is 0 Å². The molecule has 1 atom stereocenters. The van der Waals surface area contributed by atoms with Crippen molar-refractivity contribution < 1.29 is 4.79 Å². The van der Waals surface area contributed by atoms with Gasteiger partial charge in [-0.2, -0.15) is 10.2 Å². The summed E-state index contributed by atoms with van der Waals surface area (Å²) in [5.41, 5.74) is 0.776. The summed E-state index contributed by atoms with van der Waals surface area (Å²) in [6, 6.07) is 3.57. The van der Waals surface area contributed by atoms with Crippen molar-refractivity contribution >= 4 is 5.91 Å². The predicted octanol–water partition coefficient (Wildman–Crippen LogP) is -0.613. The molecule has 0 aliphatic carbocycles. The number of nitrogens with one attached hydrogen (secondary N) is 2. The highest BCUT2D eigenvalue weighted by atomic mass is 16.2. The average molecular weight is 249 g/mol. The molecular weight excluding hydrogens is 230 g/mol. The Bertz CT molecular complexity index is 377. The van der Waals surface area contributed by atoms with E-state index >= 15 is 0 Å². The van der Waals surface area contributed by atoms with Gasteiger partial charge in [-0.1, -0.05) is 0 Å². The lowest BCUT2D eigenvalue weighted by Crippen LogP contribution is -2.52. The van der Waals surface area contributed by atoms with Crippen LogP contribution in [0, 0.1) is 0 Å². The van der Waals surface area contributed by atoms with Crippen LogP contribution in [0.3, 0.4) is 0 Å². The summed E-state index contributed by atoms with van der Waals surface area (Å²) in [4.78, 5) is 14.2. The zero-order chi connectivity index (χ0) is 12.8. The highest BCUT2D eigenvalue weighted by Gasteiger charge is 2.22. The second-order valence-electron chi connectivity index (χ2n) is 4.39. The number of amides is 1. The van der Waals surface area contributed by atoms with E-state index < -0.39 is 0 Å². The Labute approximate surface area is 107 Å². The topological polar surface area (TPSA) is 70.2 Å². The lowest BCUT2D eigenvalue weighted by molar-refractivity contribution is -0.126. The lowest BCUT2D eigenvalue weighted by atomic mass is 10.2. The molecule has 0 bridgehead atoms. The van der Waals surface area contributed by atoms with Crippen LogP contribution in [0.2, 0.25) is 0 Å². The maximum atomic E-state index is 12.0. The van der Waals surface area contributed by atoms with E-state index in [1.54, 1.807) is 6.20 Å². The van der Waals surface area contributed by atoms with Crippen LogP contribution in [-0.4, -0.2) is 53.2 Å². The third-order valence-corrected chi connectivity index (χ3v) is 3.15. The first-order chi connectivity index (χ1) is 8.77. The van der Waals surface area contributed by atoms with Crippen LogP contribution in [-0.2, 0) is 11.3 Å². The minimum atomic E-state index is -0.0937. The second kappa shape index (κ2) is 6.42. The van der Waals surface area contributed by atoms with Gasteiger partial charge in [-0.05, 0) is 19.1 Å². The van der Waals surface area contributed by atoms with E-state index in [4.69, 9.17) is 0 Å². The molecule has 98 valence electrons. The minimum absolute atomic E-state index is 0.0440. The van der Waals surface area contributed by atoms with E-state index in [0.717, 1.165) is 31.9 Å². The number of aromatic nitrogens is 2.